The molecule has 0 bridgehead atoms. The highest BCUT2D eigenvalue weighted by molar-refractivity contribution is 5.71. The average molecular weight is 505 g/mol. The van der Waals surface area contributed by atoms with Gasteiger partial charge in [-0.2, -0.15) is 0 Å². The van der Waals surface area contributed by atoms with Crippen LogP contribution in [0, 0.1) is 29.1 Å². The van der Waals surface area contributed by atoms with Gasteiger partial charge in [-0.1, -0.05) is 83.9 Å². The van der Waals surface area contributed by atoms with Crippen molar-refractivity contribution in [2.45, 2.75) is 122 Å². The molecule has 0 saturated heterocycles. The van der Waals surface area contributed by atoms with Crippen LogP contribution in [0.1, 0.15) is 98.8 Å². The minimum absolute atomic E-state index is 0.199. The molecule has 6 nitrogen and oxygen atoms in total. The van der Waals surface area contributed by atoms with E-state index < -0.39 is 46.1 Å². The molecule has 0 spiro atoms. The number of unbranched alkanes of at least 4 members (excludes halogenated alkanes) is 6. The van der Waals surface area contributed by atoms with Gasteiger partial charge in [0, 0.05) is 41.9 Å². The molecule has 4 rings (SSSR count). The second-order valence-electron chi connectivity index (χ2n) is 12.9. The van der Waals surface area contributed by atoms with E-state index in [4.69, 9.17) is 4.74 Å². The summed E-state index contributed by atoms with van der Waals surface area (Å²) in [6.07, 6.45) is 11.6. The highest BCUT2D eigenvalue weighted by atomic mass is 16.6. The second kappa shape index (κ2) is 9.83. The van der Waals surface area contributed by atoms with Gasteiger partial charge in [0.15, 0.2) is 0 Å². The van der Waals surface area contributed by atoms with E-state index in [2.05, 4.69) is 6.92 Å². The lowest BCUT2D eigenvalue weighted by Crippen LogP contribution is -2.64. The Balaban J connectivity index is 1.57. The topological polar surface area (TPSA) is 107 Å². The molecule has 0 aromatic heterocycles. The van der Waals surface area contributed by atoms with E-state index in [9.17, 15) is 25.2 Å². The van der Waals surface area contributed by atoms with Crippen molar-refractivity contribution in [1.82, 2.24) is 0 Å². The van der Waals surface area contributed by atoms with Crippen molar-refractivity contribution < 1.29 is 30.0 Å². The zero-order valence-electron chi connectivity index (χ0n) is 22.9. The van der Waals surface area contributed by atoms with Crippen molar-refractivity contribution >= 4 is 5.97 Å². The summed E-state index contributed by atoms with van der Waals surface area (Å²) in [6, 6.07) is 0. The van der Waals surface area contributed by atoms with Crippen LogP contribution in [0.25, 0.3) is 0 Å². The molecule has 36 heavy (non-hydrogen) atoms. The van der Waals surface area contributed by atoms with Crippen molar-refractivity contribution in [3.05, 3.63) is 23.3 Å². The first-order valence-corrected chi connectivity index (χ1v) is 14.2. The first-order chi connectivity index (χ1) is 16.9. The number of carbonyl (C=O) groups is 1. The number of rotatable bonds is 10. The fraction of sp³-hybridized carbons (Fsp3) is 0.833. The van der Waals surface area contributed by atoms with E-state index in [0.717, 1.165) is 24.8 Å². The van der Waals surface area contributed by atoms with Crippen LogP contribution in [-0.4, -0.2) is 55.9 Å². The predicted octanol–water partition coefficient (Wildman–Crippen LogP) is 4.44. The summed E-state index contributed by atoms with van der Waals surface area (Å²) in [5, 5.41) is 45.9. The lowest BCUT2D eigenvalue weighted by molar-refractivity contribution is -0.220. The Morgan fingerprint density at radius 1 is 1.06 bits per heavy atom. The van der Waals surface area contributed by atoms with E-state index in [0.29, 0.717) is 18.4 Å². The van der Waals surface area contributed by atoms with Crippen LogP contribution in [0.15, 0.2) is 23.3 Å². The Labute approximate surface area is 216 Å². The van der Waals surface area contributed by atoms with Crippen molar-refractivity contribution in [3.63, 3.8) is 0 Å². The molecule has 2 saturated carbocycles. The molecule has 0 aromatic rings. The number of fused-ring (bicyclic) bond motifs is 5. The first-order valence-electron chi connectivity index (χ1n) is 14.2. The summed E-state index contributed by atoms with van der Waals surface area (Å²) in [5.74, 6) is -2.26. The number of hydrogen-bond donors (Lipinski definition) is 4. The SMILES string of the molecule is CCCCCCCCCC(=O)O[C@@]12[C@H](O)[C@@H](C)[C@]3(O)[C@@H]4C=C(C)C[C@@]4(O)CC(CO)=C[C@H]3[C@@H]1C2(C)C. The molecule has 6 heteroatoms. The van der Waals surface area contributed by atoms with Crippen molar-refractivity contribution in [2.75, 3.05) is 6.61 Å². The number of ether oxygens (including phenoxy) is 1. The van der Waals surface area contributed by atoms with Crippen LogP contribution in [-0.2, 0) is 9.53 Å². The van der Waals surface area contributed by atoms with Crippen LogP contribution in [0.2, 0.25) is 0 Å². The minimum Gasteiger partial charge on any atom is -0.455 e. The van der Waals surface area contributed by atoms with Gasteiger partial charge in [-0.3, -0.25) is 4.79 Å². The maximum absolute atomic E-state index is 13.0. The minimum atomic E-state index is -1.42. The van der Waals surface area contributed by atoms with Gasteiger partial charge < -0.3 is 25.2 Å². The molecule has 4 N–H and O–H groups in total. The number of aliphatic hydroxyl groups excluding tert-OH is 2. The van der Waals surface area contributed by atoms with Gasteiger partial charge in [-0.25, -0.2) is 0 Å². The second-order valence-corrected chi connectivity index (χ2v) is 12.9. The standard InChI is InChI=1S/C30H48O6/c1-6-7-8-9-10-11-12-13-24(32)36-30-25(27(30,4)5)22-15-21(18-31)17-28(34)16-19(2)14-23(28)29(22,35)20(3)26(30)33/h14-15,20,22-23,25-26,31,33-35H,6-13,16-18H2,1-5H3/t20-,22+,23-,25-,26-,28-,29-,30-/m1/s1. The van der Waals surface area contributed by atoms with Crippen molar-refractivity contribution in [3.8, 4) is 0 Å². The molecule has 0 amide bonds. The van der Waals surface area contributed by atoms with Crippen molar-refractivity contribution in [2.24, 2.45) is 29.1 Å². The fourth-order valence-electron chi connectivity index (χ4n) is 8.36. The average Bonchev–Trinajstić information content (AvgIpc) is 3.16. The molecule has 0 aliphatic heterocycles. The summed E-state index contributed by atoms with van der Waals surface area (Å²) in [6.45, 7) is 9.77. The quantitative estimate of drug-likeness (QED) is 0.199. The van der Waals surface area contributed by atoms with Gasteiger partial charge in [0.05, 0.1) is 23.9 Å². The first kappa shape index (κ1) is 27.8. The van der Waals surface area contributed by atoms with E-state index in [1.165, 1.54) is 25.7 Å². The lowest BCUT2D eigenvalue weighted by Gasteiger charge is -2.52. The Morgan fingerprint density at radius 2 is 1.69 bits per heavy atom. The summed E-state index contributed by atoms with van der Waals surface area (Å²) >= 11 is 0. The maximum Gasteiger partial charge on any atom is 0.306 e. The third-order valence-corrected chi connectivity index (χ3v) is 10.2. The Hall–Kier alpha value is -1.21. The monoisotopic (exact) mass is 504 g/mol. The van der Waals surface area contributed by atoms with E-state index in [1.807, 2.05) is 39.8 Å². The van der Waals surface area contributed by atoms with Gasteiger partial charge in [-0.05, 0) is 25.3 Å². The summed E-state index contributed by atoms with van der Waals surface area (Å²) in [5.41, 5.74) is -2.57. The molecular formula is C30H48O6. The summed E-state index contributed by atoms with van der Waals surface area (Å²) in [4.78, 5) is 13.0. The molecule has 4 aliphatic carbocycles. The normalized spacial score (nSPS) is 42.4. The number of carbonyl (C=O) groups excluding carboxylic acids is 1. The Morgan fingerprint density at radius 3 is 2.33 bits per heavy atom. The van der Waals surface area contributed by atoms with Crippen LogP contribution < -0.4 is 0 Å². The molecule has 0 radical (unpaired) electrons. The Bertz CT molecular complexity index is 907. The van der Waals surface area contributed by atoms with Gasteiger partial charge in [0.1, 0.15) is 5.60 Å². The number of hydrogen-bond acceptors (Lipinski definition) is 6. The van der Waals surface area contributed by atoms with E-state index in [1.54, 1.807) is 0 Å². The van der Waals surface area contributed by atoms with Crippen LogP contribution in [0.4, 0.5) is 0 Å². The van der Waals surface area contributed by atoms with Gasteiger partial charge in [0.2, 0.25) is 0 Å². The number of esters is 1. The number of aliphatic hydroxyl groups is 4. The zero-order valence-corrected chi connectivity index (χ0v) is 22.9. The van der Waals surface area contributed by atoms with Crippen LogP contribution in [0.5, 0.6) is 0 Å². The largest absolute Gasteiger partial charge is 0.455 e. The third kappa shape index (κ3) is 4.11. The fourth-order valence-corrected chi connectivity index (χ4v) is 8.36. The molecule has 2 fully saturated rings. The molecule has 4 aliphatic rings. The van der Waals surface area contributed by atoms with Gasteiger partial charge in [0.25, 0.3) is 0 Å². The molecule has 0 heterocycles. The highest BCUT2D eigenvalue weighted by Gasteiger charge is 2.86. The highest BCUT2D eigenvalue weighted by Crippen LogP contribution is 2.76. The van der Waals surface area contributed by atoms with Crippen molar-refractivity contribution in [1.29, 1.82) is 0 Å². The zero-order chi connectivity index (χ0) is 26.5. The molecule has 204 valence electrons. The van der Waals surface area contributed by atoms with Crippen LogP contribution >= 0.6 is 0 Å². The maximum atomic E-state index is 13.0. The summed E-state index contributed by atoms with van der Waals surface area (Å²) in [7, 11) is 0. The molecule has 8 atom stereocenters. The molecule has 0 unspecified atom stereocenters. The lowest BCUT2D eigenvalue weighted by atomic mass is 9.59. The Kier molecular flexibility index (Phi) is 7.60. The molecule has 0 aromatic carbocycles. The van der Waals surface area contributed by atoms with E-state index in [-0.39, 0.29) is 24.9 Å². The smallest absolute Gasteiger partial charge is 0.306 e. The van der Waals surface area contributed by atoms with Gasteiger partial charge in [-0.15, -0.1) is 0 Å². The van der Waals surface area contributed by atoms with Gasteiger partial charge >= 0.3 is 5.97 Å². The summed E-state index contributed by atoms with van der Waals surface area (Å²) < 4.78 is 6.19. The predicted molar refractivity (Wildman–Crippen MR) is 139 cm³/mol. The third-order valence-electron chi connectivity index (χ3n) is 10.2. The van der Waals surface area contributed by atoms with Crippen LogP contribution in [0.3, 0.4) is 0 Å². The molecular weight excluding hydrogens is 456 g/mol. The van der Waals surface area contributed by atoms with E-state index >= 15 is 0 Å².